The van der Waals surface area contributed by atoms with Crippen LogP contribution in [-0.2, 0) is 11.3 Å². The summed E-state index contributed by atoms with van der Waals surface area (Å²) in [7, 11) is 0. The molecule has 1 amide bonds. The van der Waals surface area contributed by atoms with Gasteiger partial charge in [-0.2, -0.15) is 5.10 Å². The predicted octanol–water partition coefficient (Wildman–Crippen LogP) is 1.74. The lowest BCUT2D eigenvalue weighted by Gasteiger charge is -2.24. The third kappa shape index (κ3) is 3.09. The number of nitrogens with zero attached hydrogens (tertiary/aromatic N) is 5. The quantitative estimate of drug-likeness (QED) is 0.858. The molecule has 1 aliphatic heterocycles. The van der Waals surface area contributed by atoms with Gasteiger partial charge in [0.15, 0.2) is 0 Å². The fourth-order valence-corrected chi connectivity index (χ4v) is 2.81. The van der Waals surface area contributed by atoms with Crippen LogP contribution in [0, 0.1) is 6.92 Å². The molecular weight excluding hydrogens is 266 g/mol. The second kappa shape index (κ2) is 6.03. The standard InChI is InChI=1S/C15H19N5O/c1-12-5-9-19(18-12)10-6-15(21)20-8-2-3-14(20)13-4-7-16-11-17-13/h4-5,7,9,11,14H,2-3,6,8,10H2,1H3/t14-/m1/s1. The van der Waals surface area contributed by atoms with E-state index in [-0.39, 0.29) is 11.9 Å². The summed E-state index contributed by atoms with van der Waals surface area (Å²) < 4.78 is 1.82. The normalized spacial score (nSPS) is 18.1. The molecule has 6 nitrogen and oxygen atoms in total. The number of amides is 1. The first kappa shape index (κ1) is 13.7. The van der Waals surface area contributed by atoms with Crippen molar-refractivity contribution in [2.45, 2.75) is 38.8 Å². The number of carbonyl (C=O) groups is 1. The first-order chi connectivity index (χ1) is 10.2. The van der Waals surface area contributed by atoms with E-state index in [2.05, 4.69) is 15.1 Å². The summed E-state index contributed by atoms with van der Waals surface area (Å²) in [6, 6.07) is 3.94. The maximum absolute atomic E-state index is 12.5. The van der Waals surface area contributed by atoms with Gasteiger partial charge in [0.1, 0.15) is 6.33 Å². The average molecular weight is 285 g/mol. The molecule has 2 aromatic heterocycles. The summed E-state index contributed by atoms with van der Waals surface area (Å²) in [6.45, 7) is 3.38. The number of hydrogen-bond donors (Lipinski definition) is 0. The van der Waals surface area contributed by atoms with Crippen molar-refractivity contribution in [1.29, 1.82) is 0 Å². The van der Waals surface area contributed by atoms with Gasteiger partial charge in [0, 0.05) is 31.9 Å². The van der Waals surface area contributed by atoms with Gasteiger partial charge in [0.05, 0.1) is 17.4 Å². The van der Waals surface area contributed by atoms with Crippen LogP contribution in [0.2, 0.25) is 0 Å². The molecule has 0 unspecified atom stereocenters. The SMILES string of the molecule is Cc1ccn(CCC(=O)N2CCC[C@@H]2c2ccncn2)n1. The van der Waals surface area contributed by atoms with Crippen molar-refractivity contribution in [2.75, 3.05) is 6.54 Å². The van der Waals surface area contributed by atoms with E-state index in [0.29, 0.717) is 13.0 Å². The van der Waals surface area contributed by atoms with E-state index in [1.165, 1.54) is 0 Å². The molecule has 0 aromatic carbocycles. The molecule has 3 heterocycles. The number of aryl methyl sites for hydroxylation is 2. The third-order valence-electron chi connectivity index (χ3n) is 3.85. The number of aromatic nitrogens is 4. The lowest BCUT2D eigenvalue weighted by Crippen LogP contribution is -2.31. The molecule has 1 atom stereocenters. The summed E-state index contributed by atoms with van der Waals surface area (Å²) in [5.74, 6) is 0.171. The van der Waals surface area contributed by atoms with Crippen LogP contribution in [0.15, 0.2) is 30.9 Å². The second-order valence-electron chi connectivity index (χ2n) is 5.35. The molecule has 0 bridgehead atoms. The van der Waals surface area contributed by atoms with E-state index in [1.54, 1.807) is 12.5 Å². The van der Waals surface area contributed by atoms with E-state index in [9.17, 15) is 4.79 Å². The van der Waals surface area contributed by atoms with Crippen molar-refractivity contribution in [3.05, 3.63) is 42.2 Å². The first-order valence-corrected chi connectivity index (χ1v) is 7.29. The fraction of sp³-hybridized carbons (Fsp3) is 0.467. The van der Waals surface area contributed by atoms with Crippen LogP contribution < -0.4 is 0 Å². The van der Waals surface area contributed by atoms with Crippen molar-refractivity contribution >= 4 is 5.91 Å². The Hall–Kier alpha value is -2.24. The maximum atomic E-state index is 12.5. The van der Waals surface area contributed by atoms with Crippen LogP contribution in [-0.4, -0.2) is 37.1 Å². The molecule has 0 saturated carbocycles. The highest BCUT2D eigenvalue weighted by atomic mass is 16.2. The van der Waals surface area contributed by atoms with E-state index < -0.39 is 0 Å². The molecule has 1 saturated heterocycles. The first-order valence-electron chi connectivity index (χ1n) is 7.29. The molecule has 0 radical (unpaired) electrons. The summed E-state index contributed by atoms with van der Waals surface area (Å²) >= 11 is 0. The van der Waals surface area contributed by atoms with Gasteiger partial charge in [0.2, 0.25) is 5.91 Å². The Labute approximate surface area is 123 Å². The van der Waals surface area contributed by atoms with E-state index in [0.717, 1.165) is 30.8 Å². The zero-order chi connectivity index (χ0) is 14.7. The molecule has 0 spiro atoms. The van der Waals surface area contributed by atoms with Crippen molar-refractivity contribution in [3.8, 4) is 0 Å². The molecule has 21 heavy (non-hydrogen) atoms. The Morgan fingerprint density at radius 1 is 1.43 bits per heavy atom. The van der Waals surface area contributed by atoms with Gasteiger partial charge >= 0.3 is 0 Å². The van der Waals surface area contributed by atoms with Crippen molar-refractivity contribution in [1.82, 2.24) is 24.6 Å². The van der Waals surface area contributed by atoms with Crippen LogP contribution >= 0.6 is 0 Å². The number of carbonyl (C=O) groups excluding carboxylic acids is 1. The summed E-state index contributed by atoms with van der Waals surface area (Å²) in [5.41, 5.74) is 1.91. The van der Waals surface area contributed by atoms with Gasteiger partial charge in [-0.3, -0.25) is 9.48 Å². The Bertz CT molecular complexity index is 610. The molecule has 110 valence electrons. The minimum Gasteiger partial charge on any atom is -0.334 e. The number of rotatable bonds is 4. The summed E-state index contributed by atoms with van der Waals surface area (Å²) in [5, 5.41) is 4.31. The topological polar surface area (TPSA) is 63.9 Å². The van der Waals surface area contributed by atoms with E-state index >= 15 is 0 Å². The monoisotopic (exact) mass is 285 g/mol. The Balaban J connectivity index is 1.63. The van der Waals surface area contributed by atoms with Crippen LogP contribution in [0.3, 0.4) is 0 Å². The van der Waals surface area contributed by atoms with Crippen LogP contribution in [0.5, 0.6) is 0 Å². The fourth-order valence-electron chi connectivity index (χ4n) is 2.81. The van der Waals surface area contributed by atoms with E-state index in [4.69, 9.17) is 0 Å². The predicted molar refractivity (Wildman–Crippen MR) is 77.3 cm³/mol. The van der Waals surface area contributed by atoms with Gasteiger partial charge in [-0.05, 0) is 31.9 Å². The zero-order valence-corrected chi connectivity index (χ0v) is 12.1. The Kier molecular flexibility index (Phi) is 3.94. The summed E-state index contributed by atoms with van der Waals surface area (Å²) in [4.78, 5) is 22.6. The molecule has 3 rings (SSSR count). The molecule has 0 N–H and O–H groups in total. The molecular formula is C15H19N5O. The van der Waals surface area contributed by atoms with Gasteiger partial charge in [-0.1, -0.05) is 0 Å². The Morgan fingerprint density at radius 2 is 2.33 bits per heavy atom. The van der Waals surface area contributed by atoms with Gasteiger partial charge in [-0.15, -0.1) is 0 Å². The van der Waals surface area contributed by atoms with Crippen molar-refractivity contribution in [2.24, 2.45) is 0 Å². The summed E-state index contributed by atoms with van der Waals surface area (Å²) in [6.07, 6.45) is 7.67. The number of likely N-dealkylation sites (tertiary alicyclic amines) is 1. The smallest absolute Gasteiger partial charge is 0.224 e. The van der Waals surface area contributed by atoms with Gasteiger partial charge in [-0.25, -0.2) is 9.97 Å². The highest BCUT2D eigenvalue weighted by Gasteiger charge is 2.30. The lowest BCUT2D eigenvalue weighted by molar-refractivity contribution is -0.132. The zero-order valence-electron chi connectivity index (χ0n) is 12.1. The molecule has 6 heteroatoms. The van der Waals surface area contributed by atoms with Crippen molar-refractivity contribution in [3.63, 3.8) is 0 Å². The third-order valence-corrected chi connectivity index (χ3v) is 3.85. The number of hydrogen-bond acceptors (Lipinski definition) is 4. The molecule has 1 fully saturated rings. The average Bonchev–Trinajstić information content (AvgIpc) is 3.14. The molecule has 0 aliphatic carbocycles. The highest BCUT2D eigenvalue weighted by Crippen LogP contribution is 2.30. The highest BCUT2D eigenvalue weighted by molar-refractivity contribution is 5.76. The van der Waals surface area contributed by atoms with Crippen LogP contribution in [0.25, 0.3) is 0 Å². The minimum absolute atomic E-state index is 0.0971. The molecule has 2 aromatic rings. The van der Waals surface area contributed by atoms with Gasteiger partial charge < -0.3 is 4.90 Å². The second-order valence-corrected chi connectivity index (χ2v) is 5.35. The van der Waals surface area contributed by atoms with E-state index in [1.807, 2.05) is 34.8 Å². The van der Waals surface area contributed by atoms with Gasteiger partial charge in [0.25, 0.3) is 0 Å². The minimum atomic E-state index is 0.0971. The lowest BCUT2D eigenvalue weighted by atomic mass is 10.1. The van der Waals surface area contributed by atoms with Crippen molar-refractivity contribution < 1.29 is 4.79 Å². The largest absolute Gasteiger partial charge is 0.334 e. The molecule has 1 aliphatic rings. The van der Waals surface area contributed by atoms with Crippen LogP contribution in [0.4, 0.5) is 0 Å². The maximum Gasteiger partial charge on any atom is 0.224 e. The van der Waals surface area contributed by atoms with Crippen LogP contribution in [0.1, 0.15) is 36.7 Å². The Morgan fingerprint density at radius 3 is 3.05 bits per heavy atom.